The number of rotatable bonds is 3. The highest BCUT2D eigenvalue weighted by Gasteiger charge is 2.51. The average molecular weight is 616 g/mol. The van der Waals surface area contributed by atoms with Crippen LogP contribution in [0.3, 0.4) is 0 Å². The fourth-order valence-corrected chi connectivity index (χ4v) is 8.91. The number of nitrogens with zero attached hydrogens (tertiary/aromatic N) is 1. The number of ether oxygens (including phenoxy) is 1. The highest BCUT2D eigenvalue weighted by Crippen LogP contribution is 2.63. The van der Waals surface area contributed by atoms with E-state index >= 15 is 0 Å². The van der Waals surface area contributed by atoms with Crippen molar-refractivity contribution < 1.29 is 4.74 Å². The molecule has 2 aliphatic carbocycles. The van der Waals surface area contributed by atoms with E-state index in [0.717, 1.165) is 22.9 Å². The van der Waals surface area contributed by atoms with E-state index in [4.69, 9.17) is 4.74 Å². The molecule has 0 unspecified atom stereocenters. The standard InChI is InChI=1S/C46H33NO/c1-45(2)35-19-8-7-18-33(35)44-40(45)23-14-24-41(44)47(30-15-4-3-5-16-30)31-27-28-37-34(29-31)32-17-6-9-20-36(32)46(37)38-21-10-12-25-42(38)48-43-26-13-11-22-39(43)46/h3-29H,1-2H3. The minimum absolute atomic E-state index is 0.0859. The predicted octanol–water partition coefficient (Wildman–Crippen LogP) is 11.9. The SMILES string of the molecule is CC1(C)c2ccccc2-c2c(N(c3ccccc3)c3ccc4c(c3)-c3ccccc3C43c4ccccc4Oc4ccccc43)cccc21. The van der Waals surface area contributed by atoms with Crippen molar-refractivity contribution in [3.05, 3.63) is 197 Å². The second-order valence-electron chi connectivity index (χ2n) is 13.7. The summed E-state index contributed by atoms with van der Waals surface area (Å²) in [5, 5.41) is 0. The fourth-order valence-electron chi connectivity index (χ4n) is 8.91. The van der Waals surface area contributed by atoms with E-state index in [1.165, 1.54) is 61.3 Å². The van der Waals surface area contributed by atoms with Crippen LogP contribution < -0.4 is 9.64 Å². The third kappa shape index (κ3) is 3.47. The summed E-state index contributed by atoms with van der Waals surface area (Å²) in [5.74, 6) is 1.82. The van der Waals surface area contributed by atoms with Crippen molar-refractivity contribution in [3.63, 3.8) is 0 Å². The molecule has 0 atom stereocenters. The zero-order chi connectivity index (χ0) is 32.0. The molecule has 0 fully saturated rings. The zero-order valence-corrected chi connectivity index (χ0v) is 26.9. The molecule has 7 aromatic carbocycles. The van der Waals surface area contributed by atoms with E-state index in [1.807, 2.05) is 0 Å². The van der Waals surface area contributed by atoms with Gasteiger partial charge in [-0.3, -0.25) is 0 Å². The van der Waals surface area contributed by atoms with Crippen LogP contribution in [0.4, 0.5) is 17.1 Å². The van der Waals surface area contributed by atoms with Crippen molar-refractivity contribution in [2.45, 2.75) is 24.7 Å². The van der Waals surface area contributed by atoms with Crippen molar-refractivity contribution in [1.29, 1.82) is 0 Å². The molecule has 48 heavy (non-hydrogen) atoms. The van der Waals surface area contributed by atoms with Gasteiger partial charge < -0.3 is 9.64 Å². The maximum atomic E-state index is 6.55. The van der Waals surface area contributed by atoms with E-state index in [1.54, 1.807) is 0 Å². The largest absolute Gasteiger partial charge is 0.457 e. The molecular formula is C46H33NO. The Hall–Kier alpha value is -5.86. The molecule has 0 aromatic heterocycles. The minimum Gasteiger partial charge on any atom is -0.457 e. The van der Waals surface area contributed by atoms with E-state index in [9.17, 15) is 0 Å². The molecule has 1 spiro atoms. The smallest absolute Gasteiger partial charge is 0.132 e. The first-order valence-electron chi connectivity index (χ1n) is 16.8. The lowest BCUT2D eigenvalue weighted by Crippen LogP contribution is -2.32. The Kier molecular flexibility index (Phi) is 5.58. The quantitative estimate of drug-likeness (QED) is 0.196. The van der Waals surface area contributed by atoms with E-state index < -0.39 is 5.41 Å². The zero-order valence-electron chi connectivity index (χ0n) is 26.9. The summed E-state index contributed by atoms with van der Waals surface area (Å²) in [7, 11) is 0. The summed E-state index contributed by atoms with van der Waals surface area (Å²) in [4.78, 5) is 2.46. The van der Waals surface area contributed by atoms with Crippen LogP contribution in [0.2, 0.25) is 0 Å². The Morgan fingerprint density at radius 1 is 0.417 bits per heavy atom. The van der Waals surface area contributed by atoms with Gasteiger partial charge in [0.25, 0.3) is 0 Å². The molecule has 10 rings (SSSR count). The van der Waals surface area contributed by atoms with Crippen molar-refractivity contribution in [2.24, 2.45) is 0 Å². The number of fused-ring (bicyclic) bond motifs is 12. The fraction of sp³-hybridized carbons (Fsp3) is 0.0870. The van der Waals surface area contributed by atoms with E-state index in [0.29, 0.717) is 0 Å². The van der Waals surface area contributed by atoms with E-state index in [-0.39, 0.29) is 5.41 Å². The molecule has 0 N–H and O–H groups in total. The van der Waals surface area contributed by atoms with Gasteiger partial charge in [-0.2, -0.15) is 0 Å². The second kappa shape index (κ2) is 9.82. The first kappa shape index (κ1) is 27.3. The van der Waals surface area contributed by atoms with E-state index in [2.05, 4.69) is 183 Å². The van der Waals surface area contributed by atoms with Gasteiger partial charge in [0, 0.05) is 33.5 Å². The maximum absolute atomic E-state index is 6.55. The molecule has 7 aromatic rings. The highest BCUT2D eigenvalue weighted by atomic mass is 16.5. The third-order valence-corrected chi connectivity index (χ3v) is 10.9. The summed E-state index contributed by atoms with van der Waals surface area (Å²) in [6.07, 6.45) is 0. The Morgan fingerprint density at radius 2 is 0.979 bits per heavy atom. The van der Waals surface area contributed by atoms with Crippen LogP contribution in [0.15, 0.2) is 164 Å². The van der Waals surface area contributed by atoms with Gasteiger partial charge in [-0.25, -0.2) is 0 Å². The summed E-state index contributed by atoms with van der Waals surface area (Å²) >= 11 is 0. The lowest BCUT2D eigenvalue weighted by Gasteiger charge is -2.39. The molecule has 2 nitrogen and oxygen atoms in total. The molecule has 2 heteroatoms. The second-order valence-corrected chi connectivity index (χ2v) is 13.7. The van der Waals surface area contributed by atoms with Crippen molar-refractivity contribution in [2.75, 3.05) is 4.90 Å². The molecule has 228 valence electrons. The predicted molar refractivity (Wildman–Crippen MR) is 196 cm³/mol. The number of para-hydroxylation sites is 3. The van der Waals surface area contributed by atoms with Gasteiger partial charge >= 0.3 is 0 Å². The van der Waals surface area contributed by atoms with Crippen LogP contribution >= 0.6 is 0 Å². The van der Waals surface area contributed by atoms with Crippen molar-refractivity contribution >= 4 is 17.1 Å². The Morgan fingerprint density at radius 3 is 1.71 bits per heavy atom. The average Bonchev–Trinajstić information content (AvgIpc) is 3.55. The van der Waals surface area contributed by atoms with Gasteiger partial charge in [0.05, 0.1) is 11.1 Å². The van der Waals surface area contributed by atoms with Crippen LogP contribution in [0.25, 0.3) is 22.3 Å². The topological polar surface area (TPSA) is 12.5 Å². The van der Waals surface area contributed by atoms with Crippen molar-refractivity contribution in [3.8, 4) is 33.8 Å². The number of hydrogen-bond acceptors (Lipinski definition) is 2. The first-order valence-corrected chi connectivity index (χ1v) is 16.8. The Bertz CT molecular complexity index is 2370. The first-order chi connectivity index (χ1) is 23.6. The van der Waals surface area contributed by atoms with Crippen LogP contribution in [-0.4, -0.2) is 0 Å². The lowest BCUT2D eigenvalue weighted by atomic mass is 9.66. The van der Waals surface area contributed by atoms with Crippen molar-refractivity contribution in [1.82, 2.24) is 0 Å². The highest BCUT2D eigenvalue weighted by molar-refractivity contribution is 5.97. The monoisotopic (exact) mass is 615 g/mol. The minimum atomic E-state index is -0.482. The molecule has 0 saturated heterocycles. The third-order valence-electron chi connectivity index (χ3n) is 10.9. The molecule has 1 heterocycles. The Balaban J connectivity index is 1.26. The van der Waals surface area contributed by atoms with Gasteiger partial charge in [-0.1, -0.05) is 135 Å². The molecular weight excluding hydrogens is 583 g/mol. The molecule has 3 aliphatic rings. The summed E-state index contributed by atoms with van der Waals surface area (Å²) in [6.45, 7) is 4.70. The van der Waals surface area contributed by atoms with Crippen LogP contribution in [0, 0.1) is 0 Å². The summed E-state index contributed by atoms with van der Waals surface area (Å²) < 4.78 is 6.55. The number of hydrogen-bond donors (Lipinski definition) is 0. The molecule has 0 bridgehead atoms. The Labute approximate surface area is 281 Å². The molecule has 0 amide bonds. The van der Waals surface area contributed by atoms with Gasteiger partial charge in [0.2, 0.25) is 0 Å². The van der Waals surface area contributed by atoms with Crippen LogP contribution in [0.1, 0.15) is 47.2 Å². The summed E-state index contributed by atoms with van der Waals surface area (Å²) in [6, 6.07) is 59.7. The van der Waals surface area contributed by atoms with Crippen LogP contribution in [-0.2, 0) is 10.8 Å². The van der Waals surface area contributed by atoms with Gasteiger partial charge in [-0.15, -0.1) is 0 Å². The summed E-state index contributed by atoms with van der Waals surface area (Å²) in [5.41, 5.74) is 15.7. The molecule has 1 aliphatic heterocycles. The van der Waals surface area contributed by atoms with Gasteiger partial charge in [0.15, 0.2) is 0 Å². The number of anilines is 3. The molecule has 0 saturated carbocycles. The van der Waals surface area contributed by atoms with Crippen LogP contribution in [0.5, 0.6) is 11.5 Å². The number of benzene rings is 7. The lowest BCUT2D eigenvalue weighted by molar-refractivity contribution is 0.436. The maximum Gasteiger partial charge on any atom is 0.132 e. The molecule has 0 radical (unpaired) electrons. The van der Waals surface area contributed by atoms with Gasteiger partial charge in [0.1, 0.15) is 11.5 Å². The normalized spacial score (nSPS) is 15.0. The van der Waals surface area contributed by atoms with Gasteiger partial charge in [-0.05, 0) is 81.4 Å².